The van der Waals surface area contributed by atoms with Crippen LogP contribution in [0.25, 0.3) is 0 Å². The maximum Gasteiger partial charge on any atom is 0.416 e. The molecule has 3 aromatic rings. The number of anilines is 2. The van der Waals surface area contributed by atoms with E-state index in [1.165, 1.54) is 29.2 Å². The summed E-state index contributed by atoms with van der Waals surface area (Å²) in [6.45, 7) is 0.440. The van der Waals surface area contributed by atoms with Crippen molar-refractivity contribution in [3.05, 3.63) is 94.6 Å². The van der Waals surface area contributed by atoms with E-state index in [2.05, 4.69) is 0 Å². The fourth-order valence-electron chi connectivity index (χ4n) is 4.39. The van der Waals surface area contributed by atoms with Gasteiger partial charge in [-0.25, -0.2) is 8.78 Å². The maximum atomic E-state index is 13.9. The van der Waals surface area contributed by atoms with Crippen molar-refractivity contribution in [1.29, 1.82) is 0 Å². The Bertz CT molecular complexity index is 1270. The average molecular weight is 475 g/mol. The largest absolute Gasteiger partial charge is 0.416 e. The highest BCUT2D eigenvalue weighted by Gasteiger charge is 2.55. The van der Waals surface area contributed by atoms with Gasteiger partial charge in [0.2, 0.25) is 0 Å². The van der Waals surface area contributed by atoms with Crippen LogP contribution in [0.2, 0.25) is 0 Å². The molecule has 1 spiro atoms. The summed E-state index contributed by atoms with van der Waals surface area (Å²) in [5.74, 6) is -4.63. The summed E-state index contributed by atoms with van der Waals surface area (Å²) in [6.07, 6.45) is -4.00. The molecule has 0 N–H and O–H groups in total. The summed E-state index contributed by atoms with van der Waals surface area (Å²) >= 11 is 0. The van der Waals surface area contributed by atoms with E-state index in [1.54, 1.807) is 18.2 Å². The third-order valence-electron chi connectivity index (χ3n) is 5.92. The average Bonchev–Trinajstić information content (AvgIpc) is 3.03. The molecule has 0 unspecified atom stereocenters. The van der Waals surface area contributed by atoms with Crippen LogP contribution in [0.3, 0.4) is 0 Å². The summed E-state index contributed by atoms with van der Waals surface area (Å²) in [5.41, 5.74) is 0.559. The lowest BCUT2D eigenvalue weighted by Crippen LogP contribution is -2.46. The number of ether oxygens (including phenoxy) is 2. The van der Waals surface area contributed by atoms with Crippen molar-refractivity contribution < 1.29 is 36.2 Å². The Labute approximate surface area is 191 Å². The molecule has 2 aliphatic heterocycles. The first-order chi connectivity index (χ1) is 16.2. The third kappa shape index (κ3) is 3.65. The van der Waals surface area contributed by atoms with Crippen molar-refractivity contribution in [3.8, 4) is 0 Å². The number of nitrogens with zero attached hydrogens (tertiary/aromatic N) is 1. The number of carbonyl (C=O) groups excluding carboxylic acids is 1. The fraction of sp³-hybridized carbons (Fsp3) is 0.240. The molecule has 4 nitrogen and oxygen atoms in total. The van der Waals surface area contributed by atoms with Crippen LogP contribution < -0.4 is 4.90 Å². The Morgan fingerprint density at radius 1 is 0.912 bits per heavy atom. The third-order valence-corrected chi connectivity index (χ3v) is 5.92. The number of hydrogen-bond donors (Lipinski definition) is 0. The van der Waals surface area contributed by atoms with Crippen LogP contribution in [0.15, 0.2) is 60.7 Å². The van der Waals surface area contributed by atoms with Crippen LogP contribution in [0, 0.1) is 11.6 Å². The molecular formula is C25H18F5NO3. The molecule has 9 heteroatoms. The van der Waals surface area contributed by atoms with E-state index >= 15 is 0 Å². The smallest absolute Gasteiger partial charge is 0.338 e. The fourth-order valence-corrected chi connectivity index (χ4v) is 4.39. The molecular weight excluding hydrogens is 457 g/mol. The Kier molecular flexibility index (Phi) is 5.41. The molecule has 0 atom stereocenters. The van der Waals surface area contributed by atoms with E-state index in [9.17, 15) is 26.7 Å². The van der Waals surface area contributed by atoms with Crippen molar-refractivity contribution in [2.24, 2.45) is 0 Å². The molecule has 0 saturated carbocycles. The number of halogens is 5. The molecule has 1 amide bonds. The summed E-state index contributed by atoms with van der Waals surface area (Å²) < 4.78 is 79.4. The Morgan fingerprint density at radius 3 is 2.35 bits per heavy atom. The lowest BCUT2D eigenvalue weighted by atomic mass is 9.96. The van der Waals surface area contributed by atoms with E-state index in [0.717, 1.165) is 18.2 Å². The zero-order chi connectivity index (χ0) is 24.1. The van der Waals surface area contributed by atoms with Gasteiger partial charge in [-0.1, -0.05) is 24.3 Å². The number of amides is 1. The van der Waals surface area contributed by atoms with Gasteiger partial charge in [-0.3, -0.25) is 9.69 Å². The van der Waals surface area contributed by atoms with Crippen molar-refractivity contribution >= 4 is 17.3 Å². The van der Waals surface area contributed by atoms with Crippen LogP contribution >= 0.6 is 0 Å². The van der Waals surface area contributed by atoms with Gasteiger partial charge < -0.3 is 9.47 Å². The SMILES string of the molecule is O=C1N(c2ccc(F)c(F)c2)c2ccc(Cc3ccccc3C(F)(F)F)cc2C12OCCCO2. The van der Waals surface area contributed by atoms with Crippen LogP contribution in [0.5, 0.6) is 0 Å². The summed E-state index contributed by atoms with van der Waals surface area (Å²) in [4.78, 5) is 14.7. The van der Waals surface area contributed by atoms with E-state index in [4.69, 9.17) is 9.47 Å². The molecule has 1 saturated heterocycles. The van der Waals surface area contributed by atoms with Crippen molar-refractivity contribution in [1.82, 2.24) is 0 Å². The van der Waals surface area contributed by atoms with Gasteiger partial charge in [-0.05, 0) is 54.3 Å². The zero-order valence-corrected chi connectivity index (χ0v) is 17.7. The molecule has 176 valence electrons. The topological polar surface area (TPSA) is 38.8 Å². The van der Waals surface area contributed by atoms with Crippen molar-refractivity contribution in [2.75, 3.05) is 18.1 Å². The summed E-state index contributed by atoms with van der Waals surface area (Å²) in [5, 5.41) is 0. The minimum absolute atomic E-state index is 0.0432. The van der Waals surface area contributed by atoms with Gasteiger partial charge in [0.15, 0.2) is 11.6 Å². The first-order valence-electron chi connectivity index (χ1n) is 10.6. The molecule has 0 bridgehead atoms. The van der Waals surface area contributed by atoms with Crippen LogP contribution in [0.4, 0.5) is 33.3 Å². The Morgan fingerprint density at radius 2 is 1.65 bits per heavy atom. The van der Waals surface area contributed by atoms with Gasteiger partial charge in [0.05, 0.1) is 30.2 Å². The van der Waals surface area contributed by atoms with Crippen molar-refractivity contribution in [2.45, 2.75) is 24.8 Å². The number of hydrogen-bond acceptors (Lipinski definition) is 3. The molecule has 34 heavy (non-hydrogen) atoms. The number of carbonyl (C=O) groups is 1. The number of alkyl halides is 3. The predicted molar refractivity (Wildman–Crippen MR) is 112 cm³/mol. The first-order valence-corrected chi connectivity index (χ1v) is 10.6. The van der Waals surface area contributed by atoms with E-state index in [-0.39, 0.29) is 30.9 Å². The van der Waals surface area contributed by atoms with E-state index in [1.807, 2.05) is 0 Å². The lowest BCUT2D eigenvalue weighted by molar-refractivity contribution is -0.256. The van der Waals surface area contributed by atoms with Gasteiger partial charge in [0.25, 0.3) is 11.7 Å². The lowest BCUT2D eigenvalue weighted by Gasteiger charge is -2.32. The van der Waals surface area contributed by atoms with Gasteiger partial charge in [-0.2, -0.15) is 13.2 Å². The number of benzene rings is 3. The Balaban J connectivity index is 1.60. The molecule has 5 rings (SSSR count). The van der Waals surface area contributed by atoms with Crippen molar-refractivity contribution in [3.63, 3.8) is 0 Å². The van der Waals surface area contributed by atoms with E-state index < -0.39 is 35.1 Å². The minimum atomic E-state index is -4.51. The second-order valence-corrected chi connectivity index (χ2v) is 8.09. The van der Waals surface area contributed by atoms with Gasteiger partial charge in [-0.15, -0.1) is 0 Å². The van der Waals surface area contributed by atoms with Gasteiger partial charge >= 0.3 is 6.18 Å². The minimum Gasteiger partial charge on any atom is -0.338 e. The second kappa shape index (κ2) is 8.18. The highest BCUT2D eigenvalue weighted by atomic mass is 19.4. The molecule has 2 heterocycles. The van der Waals surface area contributed by atoms with Gasteiger partial charge in [0.1, 0.15) is 0 Å². The zero-order valence-electron chi connectivity index (χ0n) is 17.7. The van der Waals surface area contributed by atoms with Crippen LogP contribution in [0.1, 0.15) is 28.7 Å². The predicted octanol–water partition coefficient (Wildman–Crippen LogP) is 5.84. The number of rotatable bonds is 3. The quantitative estimate of drug-likeness (QED) is 0.447. The second-order valence-electron chi connectivity index (χ2n) is 8.09. The molecule has 2 aliphatic rings. The maximum absolute atomic E-state index is 13.9. The highest BCUT2D eigenvalue weighted by molar-refractivity contribution is 6.11. The highest BCUT2D eigenvalue weighted by Crippen LogP contribution is 2.49. The van der Waals surface area contributed by atoms with Gasteiger partial charge in [0, 0.05) is 11.6 Å². The summed E-state index contributed by atoms with van der Waals surface area (Å²) in [6, 6.07) is 13.1. The Hall–Kier alpha value is -3.30. The first kappa shape index (κ1) is 22.5. The normalized spacial score (nSPS) is 17.3. The molecule has 3 aromatic carbocycles. The molecule has 0 radical (unpaired) electrons. The molecule has 1 fully saturated rings. The van der Waals surface area contributed by atoms with E-state index in [0.29, 0.717) is 23.2 Å². The molecule has 0 aliphatic carbocycles. The van der Waals surface area contributed by atoms with Crippen LogP contribution in [-0.2, 0) is 32.7 Å². The summed E-state index contributed by atoms with van der Waals surface area (Å²) in [7, 11) is 0. The van der Waals surface area contributed by atoms with Crippen LogP contribution in [-0.4, -0.2) is 19.1 Å². The monoisotopic (exact) mass is 475 g/mol. The standard InChI is InChI=1S/C25H18F5NO3/c26-20-8-7-17(14-21(20)27)31-22-9-6-15(12-16-4-1-2-5-18(16)25(28,29)30)13-19(22)24(23(31)32)33-10-3-11-34-24/h1-2,4-9,13-14H,3,10-12H2. The molecule has 0 aromatic heterocycles. The number of fused-ring (bicyclic) bond motifs is 2.